The van der Waals surface area contributed by atoms with Crippen LogP contribution in [0.2, 0.25) is 5.02 Å². The molecule has 6 aromatic rings. The number of unbranched alkanes of at least 4 members (excludes halogenated alkanes) is 2. The zero-order valence-electron chi connectivity index (χ0n) is 32.1. The summed E-state index contributed by atoms with van der Waals surface area (Å²) >= 11 is 6.05. The van der Waals surface area contributed by atoms with Crippen LogP contribution in [0.5, 0.6) is 11.5 Å². The van der Waals surface area contributed by atoms with E-state index < -0.39 is 23.1 Å². The van der Waals surface area contributed by atoms with Crippen molar-refractivity contribution in [1.82, 2.24) is 19.6 Å². The molecule has 0 atom stereocenters. The first-order chi connectivity index (χ1) is 28.6. The molecular weight excluding hydrogens is 768 g/mol. The number of ether oxygens (including phenoxy) is 2. The van der Waals surface area contributed by atoms with E-state index in [1.54, 1.807) is 58.2 Å². The summed E-state index contributed by atoms with van der Waals surface area (Å²) in [4.78, 5) is 23.3. The van der Waals surface area contributed by atoms with Crippen molar-refractivity contribution in [2.24, 2.45) is 0 Å². The van der Waals surface area contributed by atoms with Gasteiger partial charge in [-0.1, -0.05) is 37.1 Å². The standard InChI is InChI=1S/C46H39ClN6O6/c1-2-3-23-58-41-19-9-32(10-20-41)43-36(25-34(27-48)45(54)55)29-52(50-43)39-15-7-31(8-16-39)6-4-5-24-59-42-21-11-33(12-22-42)44-37(26-35(28-49)46(56)57)30-53(51-44)40-17-13-38(47)14-18-40/h7-22,25-26,29-30H,2-6,23-24H2,1H3,(H,54,55)(H,56,57)/b34-25-,35-26-. The Labute approximate surface area is 346 Å². The van der Waals surface area contributed by atoms with E-state index in [2.05, 4.69) is 12.0 Å². The van der Waals surface area contributed by atoms with Crippen LogP contribution in [0, 0.1) is 22.7 Å². The molecule has 0 radical (unpaired) electrons. The van der Waals surface area contributed by atoms with Gasteiger partial charge in [-0.25, -0.2) is 19.0 Å². The molecule has 0 aliphatic heterocycles. The quantitative estimate of drug-likeness (QED) is 0.0483. The van der Waals surface area contributed by atoms with E-state index in [4.69, 9.17) is 26.2 Å². The first kappa shape index (κ1) is 41.2. The normalized spacial score (nSPS) is 11.5. The number of rotatable bonds is 18. The second-order valence-corrected chi connectivity index (χ2v) is 13.8. The van der Waals surface area contributed by atoms with Crippen LogP contribution in [0.4, 0.5) is 0 Å². The van der Waals surface area contributed by atoms with Crippen LogP contribution in [0.25, 0.3) is 46.0 Å². The summed E-state index contributed by atoms with van der Waals surface area (Å²) in [6, 6.07) is 33.3. The monoisotopic (exact) mass is 806 g/mol. The molecular formula is C46H39ClN6O6. The molecule has 2 aromatic heterocycles. The number of hydrogen-bond acceptors (Lipinski definition) is 8. The van der Waals surface area contributed by atoms with Gasteiger partial charge in [-0.3, -0.25) is 0 Å². The van der Waals surface area contributed by atoms with Gasteiger partial charge in [-0.15, -0.1) is 0 Å². The molecule has 6 rings (SSSR count). The molecule has 12 nitrogen and oxygen atoms in total. The van der Waals surface area contributed by atoms with Gasteiger partial charge in [0.2, 0.25) is 0 Å². The summed E-state index contributed by atoms with van der Waals surface area (Å²) in [5.41, 5.74) is 5.31. The van der Waals surface area contributed by atoms with Crippen molar-refractivity contribution >= 4 is 35.7 Å². The third-order valence-corrected chi connectivity index (χ3v) is 9.48. The fraction of sp³-hybridized carbons (Fsp3) is 0.174. The second-order valence-electron chi connectivity index (χ2n) is 13.4. The highest BCUT2D eigenvalue weighted by molar-refractivity contribution is 6.30. The van der Waals surface area contributed by atoms with E-state index in [0.29, 0.717) is 46.5 Å². The number of aliphatic carboxylic acids is 2. The topological polar surface area (TPSA) is 176 Å². The van der Waals surface area contributed by atoms with Crippen LogP contribution in [-0.4, -0.2) is 54.9 Å². The van der Waals surface area contributed by atoms with E-state index in [0.717, 1.165) is 65.9 Å². The predicted octanol–water partition coefficient (Wildman–Crippen LogP) is 9.61. The fourth-order valence-corrected chi connectivity index (χ4v) is 6.20. The lowest BCUT2D eigenvalue weighted by atomic mass is 10.1. The lowest BCUT2D eigenvalue weighted by molar-refractivity contribution is -0.133. The molecule has 2 N–H and O–H groups in total. The Morgan fingerprint density at radius 3 is 1.53 bits per heavy atom. The number of carboxylic acid groups (broad SMARTS) is 2. The van der Waals surface area contributed by atoms with Crippen molar-refractivity contribution in [3.8, 4) is 57.5 Å². The zero-order chi connectivity index (χ0) is 41.7. The van der Waals surface area contributed by atoms with Crippen LogP contribution >= 0.6 is 11.6 Å². The minimum Gasteiger partial charge on any atom is -0.494 e. The summed E-state index contributed by atoms with van der Waals surface area (Å²) in [6.07, 6.45) is 10.5. The molecule has 4 aromatic carbocycles. The van der Waals surface area contributed by atoms with Crippen LogP contribution in [0.3, 0.4) is 0 Å². The summed E-state index contributed by atoms with van der Waals surface area (Å²) in [5.74, 6) is -1.23. The minimum absolute atomic E-state index is 0.391. The van der Waals surface area contributed by atoms with Crippen molar-refractivity contribution < 1.29 is 29.3 Å². The molecule has 0 spiro atoms. The largest absolute Gasteiger partial charge is 0.494 e. The average molecular weight is 807 g/mol. The molecule has 296 valence electrons. The van der Waals surface area contributed by atoms with Crippen LogP contribution in [0.1, 0.15) is 49.3 Å². The van der Waals surface area contributed by atoms with E-state index in [1.165, 1.54) is 12.2 Å². The van der Waals surface area contributed by atoms with E-state index in [1.807, 2.05) is 72.8 Å². The van der Waals surface area contributed by atoms with Crippen molar-refractivity contribution in [3.63, 3.8) is 0 Å². The number of carbonyl (C=O) groups is 2. The number of aryl methyl sites for hydroxylation is 1. The highest BCUT2D eigenvalue weighted by Crippen LogP contribution is 2.30. The summed E-state index contributed by atoms with van der Waals surface area (Å²) in [7, 11) is 0. The van der Waals surface area contributed by atoms with Gasteiger partial charge in [-0.05, 0) is 128 Å². The Balaban J connectivity index is 1.07. The SMILES string of the molecule is CCCCOc1ccc(-c2nn(-c3ccc(CCCCOc4ccc(-c5nn(-c6ccc(Cl)cc6)cc5/C=C(/C#N)C(=O)O)cc4)cc3)cc2/C=C(/C#N)C(=O)O)cc1. The van der Waals surface area contributed by atoms with Crippen molar-refractivity contribution in [2.45, 2.75) is 39.0 Å². The number of nitrogens with zero attached hydrogens (tertiary/aromatic N) is 6. The number of hydrogen-bond donors (Lipinski definition) is 2. The maximum atomic E-state index is 11.7. The lowest BCUT2D eigenvalue weighted by Crippen LogP contribution is -1.99. The number of halogens is 1. The average Bonchev–Trinajstić information content (AvgIpc) is 3.87. The molecule has 13 heteroatoms. The first-order valence-electron chi connectivity index (χ1n) is 18.9. The molecule has 0 aliphatic rings. The Morgan fingerprint density at radius 1 is 0.661 bits per heavy atom. The molecule has 0 saturated carbocycles. The van der Waals surface area contributed by atoms with Gasteiger partial charge in [0, 0.05) is 39.7 Å². The maximum Gasteiger partial charge on any atom is 0.346 e. The molecule has 0 bridgehead atoms. The fourth-order valence-electron chi connectivity index (χ4n) is 6.08. The van der Waals surface area contributed by atoms with E-state index in [9.17, 15) is 30.3 Å². The zero-order valence-corrected chi connectivity index (χ0v) is 32.8. The van der Waals surface area contributed by atoms with Crippen LogP contribution < -0.4 is 9.47 Å². The Hall–Kier alpha value is -7.41. The Kier molecular flexibility index (Phi) is 13.7. The summed E-state index contributed by atoms with van der Waals surface area (Å²) in [6.45, 7) is 3.22. The highest BCUT2D eigenvalue weighted by atomic mass is 35.5. The van der Waals surface area contributed by atoms with E-state index in [-0.39, 0.29) is 0 Å². The summed E-state index contributed by atoms with van der Waals surface area (Å²) in [5, 5.41) is 47.8. The van der Waals surface area contributed by atoms with Crippen molar-refractivity contribution in [1.29, 1.82) is 10.5 Å². The van der Waals surface area contributed by atoms with E-state index >= 15 is 0 Å². The van der Waals surface area contributed by atoms with Crippen molar-refractivity contribution in [3.05, 3.63) is 142 Å². The van der Waals surface area contributed by atoms with Gasteiger partial charge in [-0.2, -0.15) is 20.7 Å². The van der Waals surface area contributed by atoms with Gasteiger partial charge in [0.1, 0.15) is 34.8 Å². The first-order valence-corrected chi connectivity index (χ1v) is 19.2. The number of benzene rings is 4. The molecule has 0 unspecified atom stereocenters. The predicted molar refractivity (Wildman–Crippen MR) is 224 cm³/mol. The Bertz CT molecular complexity index is 2560. The Morgan fingerprint density at radius 2 is 1.10 bits per heavy atom. The molecule has 0 aliphatic carbocycles. The maximum absolute atomic E-state index is 11.7. The molecule has 59 heavy (non-hydrogen) atoms. The van der Waals surface area contributed by atoms with Gasteiger partial charge < -0.3 is 19.7 Å². The smallest absolute Gasteiger partial charge is 0.346 e. The number of nitriles is 2. The van der Waals surface area contributed by atoms with Gasteiger partial charge in [0.15, 0.2) is 0 Å². The van der Waals surface area contributed by atoms with Crippen LogP contribution in [0.15, 0.2) is 121 Å². The van der Waals surface area contributed by atoms with Gasteiger partial charge in [0.25, 0.3) is 0 Å². The lowest BCUT2D eigenvalue weighted by Gasteiger charge is -2.08. The third-order valence-electron chi connectivity index (χ3n) is 9.23. The molecule has 0 saturated heterocycles. The molecule has 2 heterocycles. The number of aromatic nitrogens is 4. The molecule has 0 fully saturated rings. The van der Waals surface area contributed by atoms with Gasteiger partial charge >= 0.3 is 11.9 Å². The third kappa shape index (κ3) is 10.7. The molecule has 0 amide bonds. The van der Waals surface area contributed by atoms with Crippen LogP contribution in [-0.2, 0) is 16.0 Å². The minimum atomic E-state index is -1.33. The summed E-state index contributed by atoms with van der Waals surface area (Å²) < 4.78 is 15.1. The van der Waals surface area contributed by atoms with Crippen molar-refractivity contribution in [2.75, 3.05) is 13.2 Å². The highest BCUT2D eigenvalue weighted by Gasteiger charge is 2.17. The van der Waals surface area contributed by atoms with Gasteiger partial charge in [0.05, 0.1) is 36.0 Å². The number of carboxylic acids is 2. The second kappa shape index (κ2) is 19.6.